The highest BCUT2D eigenvalue weighted by atomic mass is 79.9. The zero-order valence-corrected chi connectivity index (χ0v) is 14.6. The average Bonchev–Trinajstić information content (AvgIpc) is 2.92. The Bertz CT molecular complexity index is 608. The van der Waals surface area contributed by atoms with Gasteiger partial charge in [-0.15, -0.1) is 11.3 Å². The number of amides is 1. The first kappa shape index (κ1) is 16.2. The van der Waals surface area contributed by atoms with Gasteiger partial charge in [0.2, 0.25) is 0 Å². The van der Waals surface area contributed by atoms with Crippen molar-refractivity contribution in [2.75, 3.05) is 18.4 Å². The molecule has 1 amide bonds. The van der Waals surface area contributed by atoms with Crippen LogP contribution in [-0.2, 0) is 6.54 Å². The highest BCUT2D eigenvalue weighted by Gasteiger charge is 2.14. The number of anilines is 1. The Kier molecular flexibility index (Phi) is 5.96. The molecule has 2 rings (SSSR count). The Morgan fingerprint density at radius 3 is 2.57 bits per heavy atom. The van der Waals surface area contributed by atoms with Crippen LogP contribution < -0.4 is 5.32 Å². The number of para-hydroxylation sites is 1. The number of carbonyl (C=O) groups is 1. The molecule has 0 fully saturated rings. The van der Waals surface area contributed by atoms with E-state index in [0.717, 1.165) is 35.4 Å². The van der Waals surface area contributed by atoms with E-state index in [0.29, 0.717) is 4.88 Å². The molecule has 5 heteroatoms. The van der Waals surface area contributed by atoms with E-state index in [-0.39, 0.29) is 5.91 Å². The standard InChI is InChI=1S/C16H19BrN2OS/c1-3-19(4-2)11-12-7-5-6-8-14(12)18-16(20)15-13(17)9-10-21-15/h5-10H,3-4,11H2,1-2H3,(H,18,20). The molecule has 1 aromatic carbocycles. The summed E-state index contributed by atoms with van der Waals surface area (Å²) >= 11 is 4.84. The van der Waals surface area contributed by atoms with Gasteiger partial charge >= 0.3 is 0 Å². The minimum Gasteiger partial charge on any atom is -0.321 e. The van der Waals surface area contributed by atoms with Crippen molar-refractivity contribution in [2.24, 2.45) is 0 Å². The van der Waals surface area contributed by atoms with Crippen molar-refractivity contribution in [2.45, 2.75) is 20.4 Å². The second kappa shape index (κ2) is 7.73. The van der Waals surface area contributed by atoms with Crippen LogP contribution in [0.2, 0.25) is 0 Å². The molecule has 21 heavy (non-hydrogen) atoms. The van der Waals surface area contributed by atoms with Gasteiger partial charge in [-0.25, -0.2) is 0 Å². The van der Waals surface area contributed by atoms with E-state index < -0.39 is 0 Å². The number of nitrogens with zero attached hydrogens (tertiary/aromatic N) is 1. The molecule has 2 aromatic rings. The Morgan fingerprint density at radius 1 is 1.24 bits per heavy atom. The lowest BCUT2D eigenvalue weighted by Crippen LogP contribution is -2.23. The van der Waals surface area contributed by atoms with Crippen molar-refractivity contribution < 1.29 is 4.79 Å². The Labute approximate surface area is 138 Å². The van der Waals surface area contributed by atoms with Gasteiger partial charge in [-0.05, 0) is 52.1 Å². The van der Waals surface area contributed by atoms with Crippen LogP contribution in [0.3, 0.4) is 0 Å². The Morgan fingerprint density at radius 2 is 1.95 bits per heavy atom. The van der Waals surface area contributed by atoms with Gasteiger partial charge in [-0.3, -0.25) is 9.69 Å². The number of benzene rings is 1. The largest absolute Gasteiger partial charge is 0.321 e. The first-order chi connectivity index (χ1) is 10.2. The van der Waals surface area contributed by atoms with Gasteiger partial charge in [0, 0.05) is 16.7 Å². The van der Waals surface area contributed by atoms with E-state index in [1.165, 1.54) is 11.3 Å². The lowest BCUT2D eigenvalue weighted by atomic mass is 10.1. The number of hydrogen-bond donors (Lipinski definition) is 1. The maximum atomic E-state index is 12.3. The molecule has 0 radical (unpaired) electrons. The van der Waals surface area contributed by atoms with E-state index in [4.69, 9.17) is 0 Å². The fourth-order valence-corrected chi connectivity index (χ4v) is 3.55. The highest BCUT2D eigenvalue weighted by molar-refractivity contribution is 9.10. The summed E-state index contributed by atoms with van der Waals surface area (Å²) in [6.45, 7) is 7.13. The fraction of sp³-hybridized carbons (Fsp3) is 0.312. The molecule has 0 unspecified atom stereocenters. The van der Waals surface area contributed by atoms with Crippen LogP contribution in [0.5, 0.6) is 0 Å². The van der Waals surface area contributed by atoms with Gasteiger partial charge in [-0.2, -0.15) is 0 Å². The smallest absolute Gasteiger partial charge is 0.266 e. The second-order valence-electron chi connectivity index (χ2n) is 4.67. The van der Waals surface area contributed by atoms with Gasteiger partial charge in [-0.1, -0.05) is 32.0 Å². The molecule has 0 aliphatic carbocycles. The molecule has 0 bridgehead atoms. The van der Waals surface area contributed by atoms with Crippen molar-refractivity contribution in [1.29, 1.82) is 0 Å². The summed E-state index contributed by atoms with van der Waals surface area (Å²) in [5.41, 5.74) is 2.02. The summed E-state index contributed by atoms with van der Waals surface area (Å²) in [4.78, 5) is 15.4. The molecule has 1 N–H and O–H groups in total. The predicted molar refractivity (Wildman–Crippen MR) is 93.0 cm³/mol. The zero-order chi connectivity index (χ0) is 15.2. The van der Waals surface area contributed by atoms with E-state index in [1.54, 1.807) is 0 Å². The third-order valence-corrected chi connectivity index (χ3v) is 5.21. The minimum absolute atomic E-state index is 0.0659. The van der Waals surface area contributed by atoms with Gasteiger partial charge in [0.15, 0.2) is 0 Å². The van der Waals surface area contributed by atoms with E-state index in [2.05, 4.69) is 46.1 Å². The normalized spacial score (nSPS) is 10.9. The third-order valence-electron chi connectivity index (χ3n) is 3.38. The van der Waals surface area contributed by atoms with Crippen molar-refractivity contribution in [3.63, 3.8) is 0 Å². The van der Waals surface area contributed by atoms with Crippen LogP contribution in [-0.4, -0.2) is 23.9 Å². The summed E-state index contributed by atoms with van der Waals surface area (Å²) in [5.74, 6) is -0.0659. The Hall–Kier alpha value is -1.17. The van der Waals surface area contributed by atoms with Gasteiger partial charge in [0.05, 0.1) is 0 Å². The molecule has 0 saturated heterocycles. The van der Waals surface area contributed by atoms with E-state index in [1.807, 2.05) is 29.6 Å². The van der Waals surface area contributed by atoms with Crippen molar-refractivity contribution in [3.05, 3.63) is 50.6 Å². The Balaban J connectivity index is 2.17. The van der Waals surface area contributed by atoms with Crippen LogP contribution in [0.25, 0.3) is 0 Å². The van der Waals surface area contributed by atoms with Gasteiger partial charge in [0.25, 0.3) is 5.91 Å². The number of hydrogen-bond acceptors (Lipinski definition) is 3. The van der Waals surface area contributed by atoms with Crippen LogP contribution in [0.15, 0.2) is 40.2 Å². The lowest BCUT2D eigenvalue weighted by molar-refractivity contribution is 0.102. The molecular weight excluding hydrogens is 348 g/mol. The van der Waals surface area contributed by atoms with Gasteiger partial charge < -0.3 is 5.32 Å². The van der Waals surface area contributed by atoms with Crippen LogP contribution in [0.1, 0.15) is 29.1 Å². The quantitative estimate of drug-likeness (QED) is 0.809. The zero-order valence-electron chi connectivity index (χ0n) is 12.2. The number of thiophene rings is 1. The molecule has 0 spiro atoms. The first-order valence-corrected chi connectivity index (χ1v) is 8.67. The van der Waals surface area contributed by atoms with Crippen LogP contribution in [0.4, 0.5) is 5.69 Å². The molecule has 0 saturated carbocycles. The fourth-order valence-electron chi connectivity index (χ4n) is 2.10. The molecular formula is C16H19BrN2OS. The average molecular weight is 367 g/mol. The van der Waals surface area contributed by atoms with Crippen molar-refractivity contribution in [3.8, 4) is 0 Å². The van der Waals surface area contributed by atoms with E-state index >= 15 is 0 Å². The molecule has 3 nitrogen and oxygen atoms in total. The molecule has 0 atom stereocenters. The maximum Gasteiger partial charge on any atom is 0.266 e. The summed E-state index contributed by atoms with van der Waals surface area (Å²) in [6.07, 6.45) is 0. The van der Waals surface area contributed by atoms with Gasteiger partial charge in [0.1, 0.15) is 4.88 Å². The molecule has 1 aromatic heterocycles. The van der Waals surface area contributed by atoms with Crippen molar-refractivity contribution >= 4 is 38.9 Å². The predicted octanol–water partition coefficient (Wildman–Crippen LogP) is 4.60. The number of nitrogens with one attached hydrogen (secondary N) is 1. The number of carbonyl (C=O) groups excluding carboxylic acids is 1. The summed E-state index contributed by atoms with van der Waals surface area (Å²) in [6, 6.07) is 9.87. The summed E-state index contributed by atoms with van der Waals surface area (Å²) in [7, 11) is 0. The first-order valence-electron chi connectivity index (χ1n) is 7.00. The lowest BCUT2D eigenvalue weighted by Gasteiger charge is -2.20. The third kappa shape index (κ3) is 4.15. The van der Waals surface area contributed by atoms with E-state index in [9.17, 15) is 4.79 Å². The summed E-state index contributed by atoms with van der Waals surface area (Å²) in [5, 5.41) is 4.93. The second-order valence-corrected chi connectivity index (χ2v) is 6.44. The maximum absolute atomic E-state index is 12.3. The summed E-state index contributed by atoms with van der Waals surface area (Å²) < 4.78 is 0.839. The topological polar surface area (TPSA) is 32.3 Å². The SMILES string of the molecule is CCN(CC)Cc1ccccc1NC(=O)c1sccc1Br. The molecule has 1 heterocycles. The van der Waals surface area contributed by atoms with Crippen molar-refractivity contribution in [1.82, 2.24) is 4.90 Å². The van der Waals surface area contributed by atoms with Crippen LogP contribution in [0, 0.1) is 0 Å². The van der Waals surface area contributed by atoms with Crippen LogP contribution >= 0.6 is 27.3 Å². The highest BCUT2D eigenvalue weighted by Crippen LogP contribution is 2.25. The molecule has 112 valence electrons. The number of halogens is 1. The monoisotopic (exact) mass is 366 g/mol. The molecule has 0 aliphatic rings. The minimum atomic E-state index is -0.0659. The number of rotatable bonds is 6. The molecule has 0 aliphatic heterocycles.